The Hall–Kier alpha value is -1.79. The van der Waals surface area contributed by atoms with Gasteiger partial charge in [-0.05, 0) is 52.0 Å². The van der Waals surface area contributed by atoms with Crippen LogP contribution in [0.3, 0.4) is 0 Å². The molecule has 2 heterocycles. The number of amides is 2. The molecule has 2 aliphatic rings. The van der Waals surface area contributed by atoms with Crippen LogP contribution in [0.2, 0.25) is 0 Å². The van der Waals surface area contributed by atoms with E-state index in [-0.39, 0.29) is 30.4 Å². The molecule has 0 radical (unpaired) electrons. The van der Waals surface area contributed by atoms with Gasteiger partial charge in [0.1, 0.15) is 0 Å². The number of hydrogen-bond acceptors (Lipinski definition) is 4. The van der Waals surface area contributed by atoms with Crippen molar-refractivity contribution < 1.29 is 14.3 Å². The normalized spacial score (nSPS) is 30.2. The van der Waals surface area contributed by atoms with Crippen molar-refractivity contribution in [1.29, 1.82) is 0 Å². The van der Waals surface area contributed by atoms with Crippen molar-refractivity contribution in [2.75, 3.05) is 36.4 Å². The van der Waals surface area contributed by atoms with Crippen molar-refractivity contribution in [2.24, 2.45) is 0 Å². The zero-order chi connectivity index (χ0) is 18.0. The van der Waals surface area contributed by atoms with Crippen molar-refractivity contribution >= 4 is 17.4 Å². The van der Waals surface area contributed by atoms with Gasteiger partial charge in [0.15, 0.2) is 0 Å². The molecule has 2 saturated heterocycles. The van der Waals surface area contributed by atoms with E-state index in [1.807, 2.05) is 30.9 Å². The van der Waals surface area contributed by atoms with E-state index in [2.05, 4.69) is 36.2 Å². The highest BCUT2D eigenvalue weighted by molar-refractivity contribution is 5.89. The molecule has 0 unspecified atom stereocenters. The number of hydrogen-bond donors (Lipinski definition) is 1. The van der Waals surface area contributed by atoms with E-state index in [9.17, 15) is 4.79 Å². The number of ether oxygens (including phenoxy) is 2. The number of rotatable bonds is 2. The highest BCUT2D eigenvalue weighted by Gasteiger charge is 2.26. The maximum Gasteiger partial charge on any atom is 0.322 e. The molecule has 3 rings (SSSR count). The molecule has 2 amide bonds. The molecule has 2 aliphatic heterocycles. The van der Waals surface area contributed by atoms with Crippen molar-refractivity contribution in [2.45, 2.75) is 52.1 Å². The molecule has 2 fully saturated rings. The first-order chi connectivity index (χ1) is 11.9. The third-order valence-corrected chi connectivity index (χ3v) is 4.61. The fourth-order valence-corrected chi connectivity index (χ4v) is 3.69. The van der Waals surface area contributed by atoms with E-state index < -0.39 is 0 Å². The summed E-state index contributed by atoms with van der Waals surface area (Å²) in [6.45, 7) is 11.2. The standard InChI is InChI=1S/C19H29N3O3/c1-13-9-21(10-14(2)24-13)18-7-5-17(6-8-18)20-19(23)22-11-15(3)25-16(4)12-22/h5-8,13-16H,9-12H2,1-4H3,(H,20,23)/t13-,14-,15-,16+/m0/s1. The topological polar surface area (TPSA) is 54.0 Å². The zero-order valence-corrected chi connectivity index (χ0v) is 15.6. The number of anilines is 2. The van der Waals surface area contributed by atoms with Crippen LogP contribution in [0, 0.1) is 0 Å². The van der Waals surface area contributed by atoms with Crippen molar-refractivity contribution in [3.8, 4) is 0 Å². The lowest BCUT2D eigenvalue weighted by molar-refractivity contribution is -0.0530. The van der Waals surface area contributed by atoms with Crippen LogP contribution in [0.25, 0.3) is 0 Å². The monoisotopic (exact) mass is 347 g/mol. The highest BCUT2D eigenvalue weighted by atomic mass is 16.5. The van der Waals surface area contributed by atoms with E-state index in [1.54, 1.807) is 0 Å². The van der Waals surface area contributed by atoms with E-state index >= 15 is 0 Å². The Bertz CT molecular complexity index is 572. The van der Waals surface area contributed by atoms with Crippen LogP contribution < -0.4 is 10.2 Å². The van der Waals surface area contributed by atoms with Gasteiger partial charge in [0.25, 0.3) is 0 Å². The largest absolute Gasteiger partial charge is 0.372 e. The van der Waals surface area contributed by atoms with Crippen LogP contribution in [-0.2, 0) is 9.47 Å². The summed E-state index contributed by atoms with van der Waals surface area (Å²) < 4.78 is 11.5. The average Bonchev–Trinajstić information content (AvgIpc) is 2.53. The van der Waals surface area contributed by atoms with E-state index in [4.69, 9.17) is 9.47 Å². The lowest BCUT2D eigenvalue weighted by atomic mass is 10.2. The Balaban J connectivity index is 1.60. The fraction of sp³-hybridized carbons (Fsp3) is 0.632. The molecular weight excluding hydrogens is 318 g/mol. The second-order valence-corrected chi connectivity index (χ2v) is 7.30. The predicted octanol–water partition coefficient (Wildman–Crippen LogP) is 2.94. The fourth-order valence-electron chi connectivity index (χ4n) is 3.69. The van der Waals surface area contributed by atoms with Gasteiger partial charge >= 0.3 is 6.03 Å². The van der Waals surface area contributed by atoms with E-state index in [1.165, 1.54) is 0 Å². The molecule has 1 aromatic carbocycles. The van der Waals surface area contributed by atoms with Crippen LogP contribution >= 0.6 is 0 Å². The number of nitrogens with one attached hydrogen (secondary N) is 1. The summed E-state index contributed by atoms with van der Waals surface area (Å²) in [5.41, 5.74) is 1.98. The van der Waals surface area contributed by atoms with Gasteiger partial charge in [0.05, 0.1) is 24.4 Å². The summed E-state index contributed by atoms with van der Waals surface area (Å²) >= 11 is 0. The zero-order valence-electron chi connectivity index (χ0n) is 15.6. The van der Waals surface area contributed by atoms with Crippen molar-refractivity contribution in [1.82, 2.24) is 4.90 Å². The molecule has 6 heteroatoms. The van der Waals surface area contributed by atoms with Gasteiger partial charge in [-0.2, -0.15) is 0 Å². The second-order valence-electron chi connectivity index (χ2n) is 7.30. The van der Waals surface area contributed by atoms with Gasteiger partial charge in [-0.25, -0.2) is 4.79 Å². The molecule has 4 atom stereocenters. The number of nitrogens with zero attached hydrogens (tertiary/aromatic N) is 2. The van der Waals surface area contributed by atoms with Gasteiger partial charge in [-0.15, -0.1) is 0 Å². The number of morpholine rings is 2. The van der Waals surface area contributed by atoms with Crippen molar-refractivity contribution in [3.05, 3.63) is 24.3 Å². The first-order valence-electron chi connectivity index (χ1n) is 9.12. The van der Waals surface area contributed by atoms with E-state index in [0.717, 1.165) is 24.5 Å². The minimum atomic E-state index is -0.0663. The van der Waals surface area contributed by atoms with Crippen LogP contribution in [0.1, 0.15) is 27.7 Å². The third-order valence-electron chi connectivity index (χ3n) is 4.61. The number of carbonyl (C=O) groups is 1. The van der Waals surface area contributed by atoms with Crippen LogP contribution in [-0.4, -0.2) is 61.5 Å². The summed E-state index contributed by atoms with van der Waals surface area (Å²) in [5.74, 6) is 0. The molecule has 0 saturated carbocycles. The maximum absolute atomic E-state index is 12.5. The minimum Gasteiger partial charge on any atom is -0.372 e. The molecule has 0 aliphatic carbocycles. The number of benzene rings is 1. The molecule has 1 aromatic rings. The molecule has 0 bridgehead atoms. The molecule has 138 valence electrons. The van der Waals surface area contributed by atoms with Crippen LogP contribution in [0.5, 0.6) is 0 Å². The molecule has 0 aromatic heterocycles. The first-order valence-corrected chi connectivity index (χ1v) is 9.12. The van der Waals surface area contributed by atoms with E-state index in [0.29, 0.717) is 13.1 Å². The Morgan fingerprint density at radius 1 is 0.880 bits per heavy atom. The quantitative estimate of drug-likeness (QED) is 0.894. The second kappa shape index (κ2) is 7.62. The summed E-state index contributed by atoms with van der Waals surface area (Å²) in [4.78, 5) is 16.6. The Morgan fingerprint density at radius 2 is 1.36 bits per heavy atom. The lowest BCUT2D eigenvalue weighted by Gasteiger charge is -2.37. The smallest absolute Gasteiger partial charge is 0.322 e. The first kappa shape index (κ1) is 18.0. The predicted molar refractivity (Wildman–Crippen MR) is 99.3 cm³/mol. The van der Waals surface area contributed by atoms with Gasteiger partial charge < -0.3 is 24.6 Å². The van der Waals surface area contributed by atoms with Crippen LogP contribution in [0.4, 0.5) is 16.2 Å². The summed E-state index contributed by atoms with van der Waals surface area (Å²) in [7, 11) is 0. The van der Waals surface area contributed by atoms with Gasteiger partial charge in [-0.1, -0.05) is 0 Å². The molecule has 25 heavy (non-hydrogen) atoms. The van der Waals surface area contributed by atoms with Gasteiger partial charge in [-0.3, -0.25) is 0 Å². The molecule has 1 N–H and O–H groups in total. The summed E-state index contributed by atoms with van der Waals surface area (Å²) in [6.07, 6.45) is 0.603. The Kier molecular flexibility index (Phi) is 5.49. The lowest BCUT2D eigenvalue weighted by Crippen LogP contribution is -2.49. The maximum atomic E-state index is 12.5. The molecular formula is C19H29N3O3. The average molecular weight is 347 g/mol. The summed E-state index contributed by atoms with van der Waals surface area (Å²) in [6, 6.07) is 7.98. The summed E-state index contributed by atoms with van der Waals surface area (Å²) in [5, 5.41) is 2.99. The Labute approximate surface area is 150 Å². The molecule has 6 nitrogen and oxygen atoms in total. The third kappa shape index (κ3) is 4.64. The van der Waals surface area contributed by atoms with Crippen molar-refractivity contribution in [3.63, 3.8) is 0 Å². The molecule has 0 spiro atoms. The van der Waals surface area contributed by atoms with Gasteiger partial charge in [0.2, 0.25) is 0 Å². The SMILES string of the molecule is C[C@@H]1CN(C(=O)Nc2ccc(N3C[C@H](C)O[C@@H](C)C3)cc2)C[C@H](C)O1. The van der Waals surface area contributed by atoms with Gasteiger partial charge in [0, 0.05) is 37.6 Å². The highest BCUT2D eigenvalue weighted by Crippen LogP contribution is 2.22. The minimum absolute atomic E-state index is 0.0663. The Morgan fingerprint density at radius 3 is 1.88 bits per heavy atom. The van der Waals surface area contributed by atoms with Crippen LogP contribution in [0.15, 0.2) is 24.3 Å². The number of carbonyl (C=O) groups excluding carboxylic acids is 1. The number of urea groups is 1.